The minimum atomic E-state index is -2.11. The molecule has 0 unspecified atom stereocenters. The number of phenolic OH excluding ortho intramolecular Hbond substituents is 1. The molecule has 91 heavy (non-hydrogen) atoms. The Kier molecular flexibility index (Phi) is 24.4. The molecule has 0 spiro atoms. The van der Waals surface area contributed by atoms with Crippen LogP contribution in [0.1, 0.15) is 68.3 Å². The van der Waals surface area contributed by atoms with Crippen molar-refractivity contribution in [2.24, 2.45) is 11.7 Å². The Morgan fingerprint density at radius 3 is 2.20 bits per heavy atom. The van der Waals surface area contributed by atoms with Crippen LogP contribution >= 0.6 is 23.7 Å². The molecule has 3 saturated heterocycles. The van der Waals surface area contributed by atoms with Gasteiger partial charge in [-0.1, -0.05) is 45.8 Å². The van der Waals surface area contributed by atoms with Gasteiger partial charge in [-0.25, -0.2) is 14.8 Å². The topological polar surface area (TPSA) is 450 Å². The molecule has 494 valence electrons. The van der Waals surface area contributed by atoms with Crippen LogP contribution in [0, 0.1) is 5.92 Å². The maximum atomic E-state index is 14.7. The number of aliphatic hydroxyl groups excluding tert-OH is 6. The number of aromatic hydroxyl groups is 1. The van der Waals surface area contributed by atoms with Gasteiger partial charge in [0.25, 0.3) is 18.2 Å². The third-order valence-corrected chi connectivity index (χ3v) is 17.0. The van der Waals surface area contributed by atoms with E-state index in [1.54, 1.807) is 30.0 Å². The maximum Gasteiger partial charge on any atom is 0.261 e. The van der Waals surface area contributed by atoms with Crippen LogP contribution in [0.25, 0.3) is 26.8 Å². The molecule has 3 aliphatic heterocycles. The fourth-order valence-electron chi connectivity index (χ4n) is 10.8. The van der Waals surface area contributed by atoms with Gasteiger partial charge in [-0.3, -0.25) is 33.6 Å². The number of nitrogens with one attached hydrogen (secondary N) is 5. The molecular weight excluding hydrogens is 1230 g/mol. The molecule has 0 radical (unpaired) electrons. The van der Waals surface area contributed by atoms with E-state index in [-0.39, 0.29) is 48.7 Å². The first-order valence-corrected chi connectivity index (χ1v) is 30.8. The lowest BCUT2D eigenvalue weighted by molar-refractivity contribution is -0.433. The summed E-state index contributed by atoms with van der Waals surface area (Å²) in [6.07, 6.45) is -7.67. The minimum absolute atomic E-state index is 0.0194. The average Bonchev–Trinajstić information content (AvgIpc) is 1.76. The summed E-state index contributed by atoms with van der Waals surface area (Å²) < 4.78 is 21.9. The zero-order valence-corrected chi connectivity index (χ0v) is 51.4. The number of β-amino-alcohol motifs (C(OH)–C–C–N with tert-alkyl or cyclic N) is 1. The number of carbonyl (C=O) groups excluding carboxylic acids is 7. The summed E-state index contributed by atoms with van der Waals surface area (Å²) in [6, 6.07) is 6.14. The fourth-order valence-corrected chi connectivity index (χ4v) is 12.0. The Labute approximate surface area is 529 Å². The zero-order chi connectivity index (χ0) is 65.6. The van der Waals surface area contributed by atoms with Gasteiger partial charge in [-0.05, 0) is 93.2 Å². The lowest BCUT2D eigenvalue weighted by Gasteiger charge is -2.34. The van der Waals surface area contributed by atoms with Crippen LogP contribution in [0.4, 0.5) is 0 Å². The summed E-state index contributed by atoms with van der Waals surface area (Å²) in [5, 5.41) is 108. The van der Waals surface area contributed by atoms with Crippen LogP contribution in [0.15, 0.2) is 72.9 Å². The maximum absolute atomic E-state index is 14.7. The number of carbonyl (C=O) groups is 7. The monoisotopic (exact) mass is 1310 g/mol. The van der Waals surface area contributed by atoms with E-state index < -0.39 is 158 Å². The number of unbranched alkanes of at least 4 members (excludes halogenated alkanes) is 2. The number of hydrogen-bond donors (Lipinski definition) is 14. The number of aromatic nitrogens is 3. The van der Waals surface area contributed by atoms with E-state index in [1.807, 2.05) is 24.3 Å². The Morgan fingerprint density at radius 2 is 1.51 bits per heavy atom. The molecule has 3 fully saturated rings. The van der Waals surface area contributed by atoms with E-state index in [4.69, 9.17) is 34.7 Å². The Balaban J connectivity index is 1.05. The lowest BCUT2D eigenvalue weighted by Crippen LogP contribution is -2.64. The van der Waals surface area contributed by atoms with E-state index in [9.17, 15) is 69.3 Å². The number of nitrogens with zero attached hydrogens (tertiary/aromatic N) is 5. The molecule has 3 aliphatic rings. The van der Waals surface area contributed by atoms with Gasteiger partial charge in [0.05, 0.1) is 55.1 Å². The average molecular weight is 1310 g/mol. The quantitative estimate of drug-likeness (QED) is 0.0165. The van der Waals surface area contributed by atoms with Crippen LogP contribution in [-0.2, 0) is 49.3 Å². The second-order valence-corrected chi connectivity index (χ2v) is 23.8. The zero-order valence-electron chi connectivity index (χ0n) is 49.7. The van der Waals surface area contributed by atoms with E-state index in [1.165, 1.54) is 42.5 Å². The number of phenols is 1. The summed E-state index contributed by atoms with van der Waals surface area (Å²) in [5.41, 5.74) is 7.91. The van der Waals surface area contributed by atoms with Crippen molar-refractivity contribution in [3.05, 3.63) is 84.1 Å². The highest BCUT2D eigenvalue weighted by molar-refractivity contribution is 7.90. The highest BCUT2D eigenvalue weighted by atomic mass is 32.2. The number of methoxy groups -OCH3 is 1. The van der Waals surface area contributed by atoms with Crippen molar-refractivity contribution in [2.45, 2.75) is 132 Å². The molecule has 31 nitrogen and oxygen atoms in total. The summed E-state index contributed by atoms with van der Waals surface area (Å²) >= 11 is 1.44. The summed E-state index contributed by atoms with van der Waals surface area (Å²) in [7, 11) is 1.68. The van der Waals surface area contributed by atoms with Gasteiger partial charge in [0.1, 0.15) is 47.0 Å². The molecule has 33 heteroatoms. The molecule has 13 atom stereocenters. The Hall–Kier alpha value is -7.64. The first-order valence-electron chi connectivity index (χ1n) is 29.3. The molecule has 3 aromatic carbocycles. The van der Waals surface area contributed by atoms with Gasteiger partial charge in [0.2, 0.25) is 40.4 Å². The van der Waals surface area contributed by atoms with Crippen molar-refractivity contribution >= 4 is 70.0 Å². The number of fused-ring (bicyclic) bond motifs is 3. The van der Waals surface area contributed by atoms with Crippen molar-refractivity contribution in [2.75, 3.05) is 46.5 Å². The predicted octanol–water partition coefficient (Wildman–Crippen LogP) is -1.31. The summed E-state index contributed by atoms with van der Waals surface area (Å²) in [4.78, 5) is 108. The van der Waals surface area contributed by atoms with Crippen LogP contribution in [0.2, 0.25) is 0 Å². The van der Waals surface area contributed by atoms with Crippen LogP contribution < -0.4 is 41.2 Å². The van der Waals surface area contributed by atoms with Gasteiger partial charge in [-0.15, -0.1) is 0 Å². The number of aliphatic hydroxyl groups is 6. The largest absolute Gasteiger partial charge is 0.504 e. The fraction of sp³-hybridized carbons (Fsp3) is 0.500. The van der Waals surface area contributed by atoms with Crippen LogP contribution in [-0.4, -0.2) is 226 Å². The molecule has 15 N–H and O–H groups in total. The normalized spacial score (nSPS) is 24.9. The third kappa shape index (κ3) is 17.5. The Morgan fingerprint density at radius 1 is 0.813 bits per heavy atom. The van der Waals surface area contributed by atoms with Crippen molar-refractivity contribution in [3.63, 3.8) is 0 Å². The molecule has 8 rings (SSSR count). The number of amides is 7. The van der Waals surface area contributed by atoms with Gasteiger partial charge >= 0.3 is 0 Å². The second kappa shape index (κ2) is 32.1. The van der Waals surface area contributed by atoms with Crippen LogP contribution in [0.3, 0.4) is 0 Å². The number of nitrogens with two attached hydrogens (primary N) is 1. The van der Waals surface area contributed by atoms with Gasteiger partial charge < -0.3 is 91.5 Å². The number of hydrogen-bond acceptors (Lipinski definition) is 25. The lowest BCUT2D eigenvalue weighted by atomic mass is 9.98. The molecule has 2 aromatic heterocycles. The van der Waals surface area contributed by atoms with E-state index in [0.29, 0.717) is 34.4 Å². The minimum Gasteiger partial charge on any atom is -0.504 e. The molecule has 7 amide bonds. The summed E-state index contributed by atoms with van der Waals surface area (Å²) in [6.45, 7) is 2.15. The number of rotatable bonds is 22. The molecular formula is C58H75N11O20S2. The predicted molar refractivity (Wildman–Crippen MR) is 323 cm³/mol. The van der Waals surface area contributed by atoms with E-state index in [2.05, 4.69) is 36.0 Å². The summed E-state index contributed by atoms with van der Waals surface area (Å²) in [5.74, 6) is -8.61. The molecule has 5 heterocycles. The van der Waals surface area contributed by atoms with Crippen molar-refractivity contribution in [1.82, 2.24) is 51.0 Å². The SMILES string of the molecule is COCCCCCOc1ccc(-c2nn3cc(-c4ccc(C(=O)N[C@H]5C[C@H](O)CNC(=O)[C@@H]6[C@@H](O)[C@H](C)CN6C(=O)[C@H]([C@H](O)CCN)NC(=O)[C@H]([C@H](O)Cc6ccc(O)c(OSOOO)c6)NC(=O)[C@@H]6C[C@H](O)CN6C(=O)[C@H]([C@H](C)O)NC5=O)cc4)nc3s2)cc1. The number of benzene rings is 3. The van der Waals surface area contributed by atoms with Crippen molar-refractivity contribution in [1.29, 1.82) is 0 Å². The van der Waals surface area contributed by atoms with Gasteiger partial charge in [0.15, 0.2) is 11.5 Å². The van der Waals surface area contributed by atoms with Crippen molar-refractivity contribution in [3.8, 4) is 39.1 Å². The third-order valence-electron chi connectivity index (χ3n) is 15.7. The first kappa shape index (κ1) is 69.3. The molecule has 5 aromatic rings. The molecule has 0 saturated carbocycles. The van der Waals surface area contributed by atoms with Gasteiger partial charge in [-0.2, -0.15) is 5.10 Å². The Bertz CT molecular complexity index is 3290. The van der Waals surface area contributed by atoms with Gasteiger partial charge in [0, 0.05) is 75.2 Å². The standard InChI is InChI=1S/C58H75N11O20S2/c1-29-26-68-48(49(29)76)54(81)60-25-35(71)23-38(61-50(77)33-10-8-32(9-11-33)39-28-69-58(62-39)90-55(66-69)34-12-14-37(15-13-34)86-20-6-4-5-19-85-3)51(78)63-45(30(2)70)56(82)67-27-36(72)24-40(67)52(79)64-46(53(80)65-47(57(68)83)42(74)17-18-59)43(75)21-31-7-16-41(73)44(22-31)87-91-89-88-84/h7-16,22,28-30,35-36,38,40,42-43,45-49,70-76,84H,4-6,17-21,23-27,59H2,1-3H3,(H,60,81)(H,61,77)(H,63,78)(H,64,79)(H,65,80)/t29-,30+,35+,36+,38+,40+,42-,43-,45+,46+,47+,48+,49+/m1/s1. The number of imidazole rings is 1. The van der Waals surface area contributed by atoms with Crippen molar-refractivity contribution < 1.29 is 97.6 Å². The smallest absolute Gasteiger partial charge is 0.261 e. The van der Waals surface area contributed by atoms with E-state index >= 15 is 0 Å². The first-order chi connectivity index (χ1) is 43.6. The van der Waals surface area contributed by atoms with E-state index in [0.717, 1.165) is 53.4 Å². The molecule has 0 bridgehead atoms. The number of ether oxygens (including phenoxy) is 2. The highest BCUT2D eigenvalue weighted by Gasteiger charge is 2.50. The van der Waals surface area contributed by atoms with Crippen LogP contribution in [0.5, 0.6) is 17.2 Å². The molecule has 0 aliphatic carbocycles. The highest BCUT2D eigenvalue weighted by Crippen LogP contribution is 2.33. The second-order valence-electron chi connectivity index (χ2n) is 22.4.